The Hall–Kier alpha value is -2.04. The van der Waals surface area contributed by atoms with Crippen molar-refractivity contribution in [3.63, 3.8) is 0 Å². The molecule has 1 heterocycles. The van der Waals surface area contributed by atoms with Crippen molar-refractivity contribution in [2.75, 3.05) is 7.05 Å². The number of carbonyl (C=O) groups excluding carboxylic acids is 2. The molecule has 1 aliphatic heterocycles. The Bertz CT molecular complexity index is 541. The van der Waals surface area contributed by atoms with Gasteiger partial charge in [0.15, 0.2) is 0 Å². The molecule has 1 saturated heterocycles. The second-order valence-electron chi connectivity index (χ2n) is 4.54. The number of aryl methyl sites for hydroxylation is 1. The number of hydrogen-bond acceptors (Lipinski definition) is 3. The Labute approximate surface area is 98.0 Å². The van der Waals surface area contributed by atoms with Gasteiger partial charge in [0.1, 0.15) is 11.3 Å². The zero-order valence-electron chi connectivity index (χ0n) is 9.36. The quantitative estimate of drug-likeness (QED) is 0.647. The predicted octanol–water partition coefficient (Wildman–Crippen LogP) is 0.715. The van der Waals surface area contributed by atoms with E-state index >= 15 is 0 Å². The summed E-state index contributed by atoms with van der Waals surface area (Å²) in [7, 11) is 1.47. The Morgan fingerprint density at radius 1 is 1.41 bits per heavy atom. The van der Waals surface area contributed by atoms with Crippen LogP contribution in [0.15, 0.2) is 18.2 Å². The van der Waals surface area contributed by atoms with Crippen molar-refractivity contribution < 1.29 is 14.7 Å². The van der Waals surface area contributed by atoms with E-state index in [1.165, 1.54) is 7.05 Å². The molecule has 2 N–H and O–H groups in total. The van der Waals surface area contributed by atoms with Crippen LogP contribution in [-0.2, 0) is 16.8 Å². The number of nitrogens with zero attached hydrogens (tertiary/aromatic N) is 1. The normalized spacial score (nSPS) is 26.5. The van der Waals surface area contributed by atoms with Crippen molar-refractivity contribution in [1.29, 1.82) is 0 Å². The third kappa shape index (κ3) is 1.13. The van der Waals surface area contributed by atoms with E-state index in [1.54, 1.807) is 18.2 Å². The molecule has 0 radical (unpaired) electrons. The summed E-state index contributed by atoms with van der Waals surface area (Å²) in [5, 5.41) is 12.3. The zero-order valence-corrected chi connectivity index (χ0v) is 9.36. The van der Waals surface area contributed by atoms with Crippen LogP contribution < -0.4 is 5.32 Å². The first-order chi connectivity index (χ1) is 8.04. The summed E-state index contributed by atoms with van der Waals surface area (Å²) in [4.78, 5) is 24.8. The van der Waals surface area contributed by atoms with Gasteiger partial charge in [-0.2, -0.15) is 0 Å². The van der Waals surface area contributed by atoms with Crippen molar-refractivity contribution in [1.82, 2.24) is 10.2 Å². The Morgan fingerprint density at radius 2 is 2.18 bits per heavy atom. The molecule has 1 atom stereocenters. The number of aromatic hydroxyl groups is 1. The van der Waals surface area contributed by atoms with E-state index in [0.29, 0.717) is 6.42 Å². The van der Waals surface area contributed by atoms with Crippen LogP contribution in [0.25, 0.3) is 0 Å². The minimum atomic E-state index is -0.958. The first-order valence-corrected chi connectivity index (χ1v) is 5.47. The Balaban J connectivity index is 2.17. The van der Waals surface area contributed by atoms with Gasteiger partial charge in [-0.25, -0.2) is 4.79 Å². The molecule has 5 heteroatoms. The molecule has 3 amide bonds. The van der Waals surface area contributed by atoms with Gasteiger partial charge in [-0.1, -0.05) is 6.07 Å². The monoisotopic (exact) mass is 232 g/mol. The second-order valence-corrected chi connectivity index (χ2v) is 4.54. The largest absolute Gasteiger partial charge is 0.508 e. The van der Waals surface area contributed by atoms with E-state index in [4.69, 9.17) is 0 Å². The number of amides is 3. The average molecular weight is 232 g/mol. The standard InChI is InChI=1S/C12H12N2O3/c1-14-10(16)12(13-11(14)17)5-4-7-2-3-8(15)6-9(7)12/h2-3,6,15H,4-5H2,1H3,(H,13,17). The lowest BCUT2D eigenvalue weighted by Crippen LogP contribution is -2.41. The van der Waals surface area contributed by atoms with Crippen LogP contribution in [-0.4, -0.2) is 29.0 Å². The summed E-state index contributed by atoms with van der Waals surface area (Å²) < 4.78 is 0. The molecule has 1 spiro atoms. The summed E-state index contributed by atoms with van der Waals surface area (Å²) >= 11 is 0. The molecule has 0 bridgehead atoms. The van der Waals surface area contributed by atoms with Crippen LogP contribution in [0.5, 0.6) is 5.75 Å². The third-order valence-electron chi connectivity index (χ3n) is 3.62. The van der Waals surface area contributed by atoms with E-state index in [1.807, 2.05) is 0 Å². The lowest BCUT2D eigenvalue weighted by molar-refractivity contribution is -0.130. The fraction of sp³-hybridized carbons (Fsp3) is 0.333. The van der Waals surface area contributed by atoms with Crippen LogP contribution in [0.4, 0.5) is 4.79 Å². The molecular weight excluding hydrogens is 220 g/mol. The zero-order chi connectivity index (χ0) is 12.2. The average Bonchev–Trinajstić information content (AvgIpc) is 2.76. The maximum absolute atomic E-state index is 12.2. The summed E-state index contributed by atoms with van der Waals surface area (Å²) in [5.41, 5.74) is 0.770. The van der Waals surface area contributed by atoms with Crippen LogP contribution in [0.2, 0.25) is 0 Å². The van der Waals surface area contributed by atoms with E-state index in [0.717, 1.165) is 22.4 Å². The highest BCUT2D eigenvalue weighted by Gasteiger charge is 2.54. The van der Waals surface area contributed by atoms with Gasteiger partial charge in [0, 0.05) is 7.05 Å². The van der Waals surface area contributed by atoms with Crippen molar-refractivity contribution in [3.8, 4) is 5.75 Å². The highest BCUT2D eigenvalue weighted by atomic mass is 16.3. The molecule has 0 saturated carbocycles. The molecule has 2 aliphatic rings. The number of nitrogens with one attached hydrogen (secondary N) is 1. The number of rotatable bonds is 0. The molecule has 1 aromatic carbocycles. The fourth-order valence-electron chi connectivity index (χ4n) is 2.69. The smallest absolute Gasteiger partial charge is 0.325 e. The molecule has 0 aromatic heterocycles. The van der Waals surface area contributed by atoms with Crippen molar-refractivity contribution in [2.24, 2.45) is 0 Å². The van der Waals surface area contributed by atoms with Gasteiger partial charge in [0.2, 0.25) is 0 Å². The molecule has 1 aromatic rings. The number of likely N-dealkylation sites (N-methyl/N-ethyl adjacent to an activating group) is 1. The van der Waals surface area contributed by atoms with Crippen molar-refractivity contribution >= 4 is 11.9 Å². The van der Waals surface area contributed by atoms with Crippen molar-refractivity contribution in [2.45, 2.75) is 18.4 Å². The molecule has 88 valence electrons. The maximum Gasteiger partial charge on any atom is 0.325 e. The van der Waals surface area contributed by atoms with E-state index in [9.17, 15) is 14.7 Å². The maximum atomic E-state index is 12.2. The number of urea groups is 1. The topological polar surface area (TPSA) is 69.6 Å². The van der Waals surface area contributed by atoms with Gasteiger partial charge in [-0.15, -0.1) is 0 Å². The number of carbonyl (C=O) groups is 2. The number of hydrogen-bond donors (Lipinski definition) is 2. The molecule has 3 rings (SSSR count). The van der Waals surface area contributed by atoms with Gasteiger partial charge in [0.25, 0.3) is 5.91 Å². The number of phenolic OH excluding ortho intramolecular Hbond substituents is 1. The van der Waals surface area contributed by atoms with Gasteiger partial charge < -0.3 is 10.4 Å². The van der Waals surface area contributed by atoms with Gasteiger partial charge in [-0.05, 0) is 36.1 Å². The van der Waals surface area contributed by atoms with Gasteiger partial charge >= 0.3 is 6.03 Å². The number of fused-ring (bicyclic) bond motifs is 2. The lowest BCUT2D eigenvalue weighted by atomic mass is 9.92. The van der Waals surface area contributed by atoms with Crippen LogP contribution in [0.3, 0.4) is 0 Å². The van der Waals surface area contributed by atoms with Crippen molar-refractivity contribution in [3.05, 3.63) is 29.3 Å². The van der Waals surface area contributed by atoms with Crippen LogP contribution >= 0.6 is 0 Å². The van der Waals surface area contributed by atoms with Crippen LogP contribution in [0, 0.1) is 0 Å². The molecule has 1 fully saturated rings. The fourth-order valence-corrected chi connectivity index (χ4v) is 2.69. The number of phenols is 1. The summed E-state index contributed by atoms with van der Waals surface area (Å²) in [6.07, 6.45) is 1.29. The summed E-state index contributed by atoms with van der Waals surface area (Å²) in [6.45, 7) is 0. The molecular formula is C12H12N2O3. The van der Waals surface area contributed by atoms with Gasteiger partial charge in [-0.3, -0.25) is 9.69 Å². The summed E-state index contributed by atoms with van der Waals surface area (Å²) in [6, 6.07) is 4.59. The SMILES string of the molecule is CN1C(=O)NC2(CCc3ccc(O)cc32)C1=O. The lowest BCUT2D eigenvalue weighted by Gasteiger charge is -2.21. The summed E-state index contributed by atoms with van der Waals surface area (Å²) in [5.74, 6) is -0.131. The first-order valence-electron chi connectivity index (χ1n) is 5.47. The molecule has 5 nitrogen and oxygen atoms in total. The number of benzene rings is 1. The molecule has 1 unspecified atom stereocenters. The molecule has 17 heavy (non-hydrogen) atoms. The minimum Gasteiger partial charge on any atom is -0.508 e. The Kier molecular flexibility index (Phi) is 1.79. The first kappa shape index (κ1) is 10.1. The van der Waals surface area contributed by atoms with E-state index < -0.39 is 5.54 Å². The second kappa shape index (κ2) is 3.00. The molecule has 1 aliphatic carbocycles. The Morgan fingerprint density at radius 3 is 2.82 bits per heavy atom. The third-order valence-corrected chi connectivity index (χ3v) is 3.62. The van der Waals surface area contributed by atoms with Crippen LogP contribution in [0.1, 0.15) is 17.5 Å². The van der Waals surface area contributed by atoms with E-state index in [2.05, 4.69) is 5.32 Å². The van der Waals surface area contributed by atoms with Gasteiger partial charge in [0.05, 0.1) is 0 Å². The van der Waals surface area contributed by atoms with E-state index in [-0.39, 0.29) is 17.7 Å². The highest BCUT2D eigenvalue weighted by molar-refractivity contribution is 6.07. The highest BCUT2D eigenvalue weighted by Crippen LogP contribution is 2.42. The predicted molar refractivity (Wildman–Crippen MR) is 59.4 cm³/mol. The minimum absolute atomic E-state index is 0.113. The number of imide groups is 1.